The molecule has 0 atom stereocenters. The van der Waals surface area contributed by atoms with Crippen LogP contribution in [0.5, 0.6) is 0 Å². The smallest absolute Gasteiger partial charge is 0.126 e. The second-order valence-corrected chi connectivity index (χ2v) is 3.96. The van der Waals surface area contributed by atoms with E-state index in [1.807, 2.05) is 12.1 Å². The third-order valence-electron chi connectivity index (χ3n) is 2.77. The average molecular weight is 231 g/mol. The van der Waals surface area contributed by atoms with Gasteiger partial charge in [-0.25, -0.2) is 4.98 Å². The fourth-order valence-electron chi connectivity index (χ4n) is 1.75. The van der Waals surface area contributed by atoms with Gasteiger partial charge in [0.25, 0.3) is 0 Å². The van der Waals surface area contributed by atoms with Gasteiger partial charge >= 0.3 is 0 Å². The van der Waals surface area contributed by atoms with Gasteiger partial charge in [-0.3, -0.25) is 4.90 Å². The first kappa shape index (κ1) is 11.9. The zero-order valence-electron chi connectivity index (χ0n) is 9.85. The summed E-state index contributed by atoms with van der Waals surface area (Å²) >= 11 is 0. The topological polar surface area (TPSA) is 37.4 Å². The van der Waals surface area contributed by atoms with Gasteiger partial charge in [0.15, 0.2) is 0 Å². The highest BCUT2D eigenvalue weighted by molar-refractivity contribution is 5.39. The van der Waals surface area contributed by atoms with Crippen LogP contribution in [0, 0.1) is 12.3 Å². The predicted octanol–water partition coefficient (Wildman–Crippen LogP) is 0.807. The molecule has 0 bridgehead atoms. The van der Waals surface area contributed by atoms with Crippen molar-refractivity contribution < 1.29 is 4.74 Å². The van der Waals surface area contributed by atoms with E-state index in [9.17, 15) is 0 Å². The maximum Gasteiger partial charge on any atom is 0.126 e. The van der Waals surface area contributed by atoms with Gasteiger partial charge in [-0.05, 0) is 12.1 Å². The fraction of sp³-hybridized carbons (Fsp3) is 0.462. The molecule has 1 aromatic rings. The fourth-order valence-corrected chi connectivity index (χ4v) is 1.75. The van der Waals surface area contributed by atoms with Crippen LogP contribution in [0.3, 0.4) is 0 Å². The van der Waals surface area contributed by atoms with Crippen molar-refractivity contribution in [2.75, 3.05) is 44.7 Å². The minimum atomic E-state index is 0.809. The lowest BCUT2D eigenvalue weighted by atomic mass is 10.3. The van der Waals surface area contributed by atoms with Gasteiger partial charge in [0, 0.05) is 37.9 Å². The standard InChI is InChI=1S/C13H17N3O/c1-2-12-3-4-13(15-11-12)14-5-6-16-7-9-17-10-8-16/h1,3-4,11H,5-10H2,(H,14,15). The summed E-state index contributed by atoms with van der Waals surface area (Å²) < 4.78 is 5.30. The van der Waals surface area contributed by atoms with E-state index in [2.05, 4.69) is 21.1 Å². The number of rotatable bonds is 4. The molecule has 1 saturated heterocycles. The summed E-state index contributed by atoms with van der Waals surface area (Å²) in [7, 11) is 0. The molecular weight excluding hydrogens is 214 g/mol. The van der Waals surface area contributed by atoms with Crippen LogP contribution in [-0.2, 0) is 4.74 Å². The van der Waals surface area contributed by atoms with E-state index in [0.717, 1.165) is 50.8 Å². The lowest BCUT2D eigenvalue weighted by Crippen LogP contribution is -2.39. The monoisotopic (exact) mass is 231 g/mol. The minimum Gasteiger partial charge on any atom is -0.379 e. The molecule has 0 unspecified atom stereocenters. The Morgan fingerprint density at radius 3 is 2.88 bits per heavy atom. The number of ether oxygens (including phenoxy) is 1. The molecule has 2 rings (SSSR count). The molecule has 1 N–H and O–H groups in total. The Labute approximate surface area is 102 Å². The molecule has 2 heterocycles. The molecule has 1 fully saturated rings. The maximum atomic E-state index is 5.30. The van der Waals surface area contributed by atoms with Crippen LogP contribution in [0.15, 0.2) is 18.3 Å². The number of terminal acetylenes is 1. The van der Waals surface area contributed by atoms with Gasteiger partial charge in [-0.2, -0.15) is 0 Å². The predicted molar refractivity (Wildman–Crippen MR) is 67.9 cm³/mol. The first-order chi connectivity index (χ1) is 8.38. The number of hydrogen-bond donors (Lipinski definition) is 1. The first-order valence-corrected chi connectivity index (χ1v) is 5.85. The van der Waals surface area contributed by atoms with Crippen molar-refractivity contribution in [3.8, 4) is 12.3 Å². The van der Waals surface area contributed by atoms with Crippen LogP contribution >= 0.6 is 0 Å². The van der Waals surface area contributed by atoms with Crippen LogP contribution in [0.2, 0.25) is 0 Å². The molecular formula is C13H17N3O. The van der Waals surface area contributed by atoms with Gasteiger partial charge in [-0.15, -0.1) is 6.42 Å². The Kier molecular flexibility index (Phi) is 4.37. The van der Waals surface area contributed by atoms with E-state index < -0.39 is 0 Å². The highest BCUT2D eigenvalue weighted by Gasteiger charge is 2.08. The van der Waals surface area contributed by atoms with Crippen LogP contribution in [0.25, 0.3) is 0 Å². The summed E-state index contributed by atoms with van der Waals surface area (Å²) in [6.45, 7) is 5.63. The van der Waals surface area contributed by atoms with E-state index in [0.29, 0.717) is 0 Å². The van der Waals surface area contributed by atoms with Crippen LogP contribution in [0.4, 0.5) is 5.82 Å². The summed E-state index contributed by atoms with van der Waals surface area (Å²) in [6.07, 6.45) is 6.97. The van der Waals surface area contributed by atoms with E-state index in [4.69, 9.17) is 11.2 Å². The lowest BCUT2D eigenvalue weighted by molar-refractivity contribution is 0.0398. The van der Waals surface area contributed by atoms with Gasteiger partial charge < -0.3 is 10.1 Å². The summed E-state index contributed by atoms with van der Waals surface area (Å²) in [6, 6.07) is 3.80. The van der Waals surface area contributed by atoms with Crippen LogP contribution < -0.4 is 5.32 Å². The van der Waals surface area contributed by atoms with E-state index >= 15 is 0 Å². The zero-order valence-corrected chi connectivity index (χ0v) is 9.85. The largest absolute Gasteiger partial charge is 0.379 e. The van der Waals surface area contributed by atoms with Crippen molar-refractivity contribution in [3.05, 3.63) is 23.9 Å². The number of nitrogens with zero attached hydrogens (tertiary/aromatic N) is 2. The molecule has 4 heteroatoms. The number of hydrogen-bond acceptors (Lipinski definition) is 4. The minimum absolute atomic E-state index is 0.809. The Morgan fingerprint density at radius 1 is 1.41 bits per heavy atom. The molecule has 0 radical (unpaired) electrons. The molecule has 17 heavy (non-hydrogen) atoms. The van der Waals surface area contributed by atoms with E-state index in [1.165, 1.54) is 0 Å². The number of morpholine rings is 1. The third kappa shape index (κ3) is 3.74. The van der Waals surface area contributed by atoms with Gasteiger partial charge in [-0.1, -0.05) is 5.92 Å². The summed E-state index contributed by atoms with van der Waals surface area (Å²) in [4.78, 5) is 6.62. The molecule has 1 aliphatic heterocycles. The molecule has 0 amide bonds. The van der Waals surface area contributed by atoms with E-state index in [-0.39, 0.29) is 0 Å². The van der Waals surface area contributed by atoms with Crippen LogP contribution in [0.1, 0.15) is 5.56 Å². The average Bonchev–Trinajstić information content (AvgIpc) is 2.41. The Bertz CT molecular complexity index is 377. The Hall–Kier alpha value is -1.57. The molecule has 0 spiro atoms. The molecule has 1 aliphatic rings. The first-order valence-electron chi connectivity index (χ1n) is 5.85. The Morgan fingerprint density at radius 2 is 2.24 bits per heavy atom. The van der Waals surface area contributed by atoms with Gasteiger partial charge in [0.1, 0.15) is 5.82 Å². The van der Waals surface area contributed by atoms with Crippen molar-refractivity contribution in [2.45, 2.75) is 0 Å². The molecule has 0 aromatic carbocycles. The highest BCUT2D eigenvalue weighted by atomic mass is 16.5. The number of anilines is 1. The number of aromatic nitrogens is 1. The second kappa shape index (κ2) is 6.24. The van der Waals surface area contributed by atoms with Crippen molar-refractivity contribution in [2.24, 2.45) is 0 Å². The zero-order chi connectivity index (χ0) is 11.9. The third-order valence-corrected chi connectivity index (χ3v) is 2.77. The summed E-state index contributed by atoms with van der Waals surface area (Å²) in [5, 5.41) is 3.28. The second-order valence-electron chi connectivity index (χ2n) is 3.96. The molecule has 4 nitrogen and oxygen atoms in total. The molecule has 90 valence electrons. The summed E-state index contributed by atoms with van der Waals surface area (Å²) in [5.41, 5.74) is 0.809. The van der Waals surface area contributed by atoms with E-state index in [1.54, 1.807) is 6.20 Å². The normalized spacial score (nSPS) is 16.4. The summed E-state index contributed by atoms with van der Waals surface area (Å²) in [5.74, 6) is 3.42. The molecule has 1 aromatic heterocycles. The molecule has 0 saturated carbocycles. The van der Waals surface area contributed by atoms with Gasteiger partial charge in [0.2, 0.25) is 0 Å². The van der Waals surface area contributed by atoms with Crippen molar-refractivity contribution in [1.82, 2.24) is 9.88 Å². The Balaban J connectivity index is 1.72. The molecule has 0 aliphatic carbocycles. The SMILES string of the molecule is C#Cc1ccc(NCCN2CCOCC2)nc1. The van der Waals surface area contributed by atoms with Crippen LogP contribution in [-0.4, -0.2) is 49.3 Å². The van der Waals surface area contributed by atoms with Gasteiger partial charge in [0.05, 0.1) is 13.2 Å². The highest BCUT2D eigenvalue weighted by Crippen LogP contribution is 2.03. The lowest BCUT2D eigenvalue weighted by Gasteiger charge is -2.26. The van der Waals surface area contributed by atoms with Crippen molar-refractivity contribution in [1.29, 1.82) is 0 Å². The number of pyridine rings is 1. The quantitative estimate of drug-likeness (QED) is 0.778. The number of nitrogens with one attached hydrogen (secondary N) is 1. The van der Waals surface area contributed by atoms with Crippen molar-refractivity contribution >= 4 is 5.82 Å². The van der Waals surface area contributed by atoms with Crippen molar-refractivity contribution in [3.63, 3.8) is 0 Å². The maximum absolute atomic E-state index is 5.30.